The topological polar surface area (TPSA) is 70.7 Å². The number of ether oxygens (including phenoxy) is 1. The van der Waals surface area contributed by atoms with Crippen LogP contribution < -0.4 is 10.6 Å². The van der Waals surface area contributed by atoms with Crippen LogP contribution in [0.15, 0.2) is 54.6 Å². The van der Waals surface area contributed by atoms with Crippen LogP contribution in [0.2, 0.25) is 0 Å². The number of rotatable bonds is 9. The number of benzene rings is 2. The Morgan fingerprint density at radius 1 is 1.14 bits per heavy atom. The number of hydrogen-bond donors (Lipinski definition) is 2. The molecule has 1 heterocycles. The molecule has 1 aliphatic rings. The van der Waals surface area contributed by atoms with Gasteiger partial charge in [0.25, 0.3) is 0 Å². The van der Waals surface area contributed by atoms with E-state index in [1.54, 1.807) is 7.11 Å². The van der Waals surface area contributed by atoms with Crippen molar-refractivity contribution >= 4 is 11.8 Å². The first kappa shape index (κ1) is 21.0. The Labute approximate surface area is 172 Å². The van der Waals surface area contributed by atoms with E-state index in [9.17, 15) is 9.59 Å². The lowest BCUT2D eigenvalue weighted by Crippen LogP contribution is -2.56. The summed E-state index contributed by atoms with van der Waals surface area (Å²) in [6, 6.07) is 18.2. The third-order valence-corrected chi connectivity index (χ3v) is 5.11. The zero-order chi connectivity index (χ0) is 20.5. The van der Waals surface area contributed by atoms with Gasteiger partial charge in [-0.15, -0.1) is 0 Å². The van der Waals surface area contributed by atoms with Crippen LogP contribution in [0, 0.1) is 0 Å². The molecule has 6 heteroatoms. The van der Waals surface area contributed by atoms with Gasteiger partial charge in [0.1, 0.15) is 0 Å². The summed E-state index contributed by atoms with van der Waals surface area (Å²) in [4.78, 5) is 26.7. The van der Waals surface area contributed by atoms with Gasteiger partial charge in [0, 0.05) is 39.9 Å². The Balaban J connectivity index is 1.60. The van der Waals surface area contributed by atoms with E-state index in [-0.39, 0.29) is 18.2 Å². The van der Waals surface area contributed by atoms with Gasteiger partial charge in [-0.25, -0.2) is 0 Å². The molecule has 0 saturated carbocycles. The normalized spacial score (nSPS) is 17.0. The number of methoxy groups -OCH3 is 1. The number of nitrogens with zero attached hydrogens (tertiary/aromatic N) is 1. The van der Waals surface area contributed by atoms with Gasteiger partial charge in [-0.3, -0.25) is 14.5 Å². The van der Waals surface area contributed by atoms with Crippen molar-refractivity contribution in [1.82, 2.24) is 15.5 Å². The van der Waals surface area contributed by atoms with E-state index in [4.69, 9.17) is 4.74 Å². The number of nitrogens with one attached hydrogen (secondary N) is 2. The molecule has 0 aromatic heterocycles. The smallest absolute Gasteiger partial charge is 0.237 e. The van der Waals surface area contributed by atoms with Crippen molar-refractivity contribution in [2.75, 3.05) is 33.4 Å². The van der Waals surface area contributed by atoms with Gasteiger partial charge in [0.2, 0.25) is 11.8 Å². The molecule has 1 unspecified atom stereocenters. The predicted molar refractivity (Wildman–Crippen MR) is 113 cm³/mol. The van der Waals surface area contributed by atoms with Crippen molar-refractivity contribution in [2.24, 2.45) is 0 Å². The maximum atomic E-state index is 12.4. The second-order valence-electron chi connectivity index (χ2n) is 7.24. The first-order chi connectivity index (χ1) is 14.2. The number of carbonyl (C=O) groups excluding carboxylic acids is 2. The Hall–Kier alpha value is -2.70. The first-order valence-electron chi connectivity index (χ1n) is 10.1. The summed E-state index contributed by atoms with van der Waals surface area (Å²) in [5.41, 5.74) is 3.47. The highest BCUT2D eigenvalue weighted by molar-refractivity contribution is 5.88. The fraction of sp³-hybridized carbons (Fsp3) is 0.391. The standard InChI is InChI=1S/C23H29N3O3/c1-29-15-5-12-24-22(27)16-21-23(28)25-13-14-26(21)17-18-8-10-20(11-9-18)19-6-3-2-4-7-19/h2-4,6-11,21H,5,12-17H2,1H3,(H,24,27)(H,25,28). The van der Waals surface area contributed by atoms with Gasteiger partial charge < -0.3 is 15.4 Å². The molecule has 2 amide bonds. The predicted octanol–water partition coefficient (Wildman–Crippen LogP) is 2.20. The van der Waals surface area contributed by atoms with Crippen molar-refractivity contribution in [2.45, 2.75) is 25.4 Å². The lowest BCUT2D eigenvalue weighted by molar-refractivity contribution is -0.134. The number of amides is 2. The molecule has 0 bridgehead atoms. The molecule has 1 atom stereocenters. The van der Waals surface area contributed by atoms with Crippen LogP contribution in [-0.2, 0) is 20.9 Å². The monoisotopic (exact) mass is 395 g/mol. The summed E-state index contributed by atoms with van der Waals surface area (Å²) >= 11 is 0. The number of piperazine rings is 1. The number of hydrogen-bond acceptors (Lipinski definition) is 4. The fourth-order valence-electron chi connectivity index (χ4n) is 3.53. The second-order valence-corrected chi connectivity index (χ2v) is 7.24. The van der Waals surface area contributed by atoms with Crippen molar-refractivity contribution < 1.29 is 14.3 Å². The minimum absolute atomic E-state index is 0.0794. The Bertz CT molecular complexity index is 793. The highest BCUT2D eigenvalue weighted by atomic mass is 16.5. The van der Waals surface area contributed by atoms with E-state index < -0.39 is 6.04 Å². The fourth-order valence-corrected chi connectivity index (χ4v) is 3.53. The van der Waals surface area contributed by atoms with Gasteiger partial charge in [-0.2, -0.15) is 0 Å². The van der Waals surface area contributed by atoms with E-state index in [0.717, 1.165) is 24.1 Å². The second kappa shape index (κ2) is 10.7. The minimum atomic E-state index is -0.444. The van der Waals surface area contributed by atoms with Crippen LogP contribution in [0.25, 0.3) is 11.1 Å². The largest absolute Gasteiger partial charge is 0.385 e. The summed E-state index contributed by atoms with van der Waals surface area (Å²) in [5, 5.41) is 5.75. The van der Waals surface area contributed by atoms with Crippen LogP contribution in [0.1, 0.15) is 18.4 Å². The average Bonchev–Trinajstić information content (AvgIpc) is 2.75. The van der Waals surface area contributed by atoms with Crippen LogP contribution >= 0.6 is 0 Å². The molecule has 1 aliphatic heterocycles. The third kappa shape index (κ3) is 6.14. The molecule has 6 nitrogen and oxygen atoms in total. The van der Waals surface area contributed by atoms with E-state index in [0.29, 0.717) is 26.2 Å². The molecule has 0 radical (unpaired) electrons. The third-order valence-electron chi connectivity index (χ3n) is 5.11. The zero-order valence-electron chi connectivity index (χ0n) is 16.9. The molecule has 29 heavy (non-hydrogen) atoms. The summed E-state index contributed by atoms with van der Waals surface area (Å²) in [6.07, 6.45) is 0.928. The van der Waals surface area contributed by atoms with Crippen LogP contribution in [0.4, 0.5) is 0 Å². The van der Waals surface area contributed by atoms with Crippen molar-refractivity contribution in [3.8, 4) is 11.1 Å². The van der Waals surface area contributed by atoms with Gasteiger partial charge in [-0.1, -0.05) is 54.6 Å². The van der Waals surface area contributed by atoms with Crippen molar-refractivity contribution in [1.29, 1.82) is 0 Å². The highest BCUT2D eigenvalue weighted by Crippen LogP contribution is 2.21. The Morgan fingerprint density at radius 3 is 2.59 bits per heavy atom. The average molecular weight is 396 g/mol. The molecule has 0 aliphatic carbocycles. The van der Waals surface area contributed by atoms with Crippen LogP contribution in [0.3, 0.4) is 0 Å². The van der Waals surface area contributed by atoms with Gasteiger partial charge >= 0.3 is 0 Å². The van der Waals surface area contributed by atoms with E-state index in [1.807, 2.05) is 18.2 Å². The summed E-state index contributed by atoms with van der Waals surface area (Å²) in [7, 11) is 1.64. The van der Waals surface area contributed by atoms with E-state index in [1.165, 1.54) is 5.56 Å². The minimum Gasteiger partial charge on any atom is -0.385 e. The first-order valence-corrected chi connectivity index (χ1v) is 10.1. The Kier molecular flexibility index (Phi) is 7.78. The highest BCUT2D eigenvalue weighted by Gasteiger charge is 2.31. The molecule has 1 saturated heterocycles. The molecule has 2 aromatic rings. The van der Waals surface area contributed by atoms with Crippen LogP contribution in [-0.4, -0.2) is 56.1 Å². The van der Waals surface area contributed by atoms with Crippen LogP contribution in [0.5, 0.6) is 0 Å². The molecular weight excluding hydrogens is 366 g/mol. The Morgan fingerprint density at radius 2 is 1.86 bits per heavy atom. The zero-order valence-corrected chi connectivity index (χ0v) is 16.9. The molecule has 3 rings (SSSR count). The maximum absolute atomic E-state index is 12.4. The van der Waals surface area contributed by atoms with Gasteiger partial charge in [0.05, 0.1) is 12.5 Å². The lowest BCUT2D eigenvalue weighted by atomic mass is 10.0. The van der Waals surface area contributed by atoms with Gasteiger partial charge in [-0.05, 0) is 23.1 Å². The van der Waals surface area contributed by atoms with E-state index >= 15 is 0 Å². The molecule has 0 spiro atoms. The lowest BCUT2D eigenvalue weighted by Gasteiger charge is -2.34. The molecule has 1 fully saturated rings. The van der Waals surface area contributed by atoms with Gasteiger partial charge in [0.15, 0.2) is 0 Å². The molecular formula is C23H29N3O3. The van der Waals surface area contributed by atoms with Crippen molar-refractivity contribution in [3.05, 3.63) is 60.2 Å². The molecule has 2 N–H and O–H groups in total. The molecule has 154 valence electrons. The molecule has 2 aromatic carbocycles. The maximum Gasteiger partial charge on any atom is 0.237 e. The summed E-state index contributed by atoms with van der Waals surface area (Å²) < 4.78 is 4.99. The number of carbonyl (C=O) groups is 2. The summed E-state index contributed by atoms with van der Waals surface area (Å²) in [5.74, 6) is -0.184. The SMILES string of the molecule is COCCCNC(=O)CC1C(=O)NCCN1Cc1ccc(-c2ccccc2)cc1. The summed E-state index contributed by atoms with van der Waals surface area (Å²) in [6.45, 7) is 3.14. The van der Waals surface area contributed by atoms with E-state index in [2.05, 4.69) is 51.9 Å². The quantitative estimate of drug-likeness (QED) is 0.639. The van der Waals surface area contributed by atoms with Crippen molar-refractivity contribution in [3.63, 3.8) is 0 Å².